The summed E-state index contributed by atoms with van der Waals surface area (Å²) < 4.78 is 5.69. The quantitative estimate of drug-likeness (QED) is 0.647. The highest BCUT2D eigenvalue weighted by Crippen LogP contribution is 2.20. The van der Waals surface area contributed by atoms with Crippen LogP contribution in [-0.2, 0) is 16.1 Å². The van der Waals surface area contributed by atoms with Gasteiger partial charge in [0.25, 0.3) is 0 Å². The van der Waals surface area contributed by atoms with Crippen molar-refractivity contribution in [2.24, 2.45) is 0 Å². The van der Waals surface area contributed by atoms with Gasteiger partial charge in [-0.2, -0.15) is 0 Å². The van der Waals surface area contributed by atoms with E-state index in [0.717, 1.165) is 23.3 Å². The fourth-order valence-electron chi connectivity index (χ4n) is 1.13. The zero-order chi connectivity index (χ0) is 11.1. The van der Waals surface area contributed by atoms with Gasteiger partial charge in [0, 0.05) is 13.0 Å². The van der Waals surface area contributed by atoms with E-state index in [1.54, 1.807) is 11.3 Å². The maximum Gasteiger partial charge on any atom is 0.305 e. The first-order chi connectivity index (χ1) is 7.22. The molecule has 1 aromatic heterocycles. The lowest BCUT2D eigenvalue weighted by Gasteiger charge is -2.02. The van der Waals surface area contributed by atoms with Crippen molar-refractivity contribution in [1.82, 2.24) is 5.32 Å². The van der Waals surface area contributed by atoms with Crippen LogP contribution in [0.15, 0.2) is 15.2 Å². The predicted octanol–water partition coefficient (Wildman–Crippen LogP) is 2.55. The summed E-state index contributed by atoms with van der Waals surface area (Å²) in [5.41, 5.74) is 1.27. The van der Waals surface area contributed by atoms with Gasteiger partial charge in [0.15, 0.2) is 0 Å². The van der Waals surface area contributed by atoms with Gasteiger partial charge in [-0.1, -0.05) is 0 Å². The van der Waals surface area contributed by atoms with Crippen molar-refractivity contribution in [1.29, 1.82) is 0 Å². The molecule has 1 aromatic rings. The van der Waals surface area contributed by atoms with Gasteiger partial charge in [-0.15, -0.1) is 11.3 Å². The average molecular weight is 292 g/mol. The molecule has 1 rings (SSSR count). The Morgan fingerprint density at radius 2 is 2.47 bits per heavy atom. The molecule has 84 valence electrons. The number of methoxy groups -OCH3 is 1. The van der Waals surface area contributed by atoms with Crippen molar-refractivity contribution in [2.75, 3.05) is 13.7 Å². The van der Waals surface area contributed by atoms with Crippen LogP contribution >= 0.6 is 27.3 Å². The van der Waals surface area contributed by atoms with E-state index in [4.69, 9.17) is 0 Å². The van der Waals surface area contributed by atoms with Gasteiger partial charge < -0.3 is 10.1 Å². The van der Waals surface area contributed by atoms with Gasteiger partial charge in [0.05, 0.1) is 10.9 Å². The van der Waals surface area contributed by atoms with Gasteiger partial charge >= 0.3 is 5.97 Å². The van der Waals surface area contributed by atoms with Crippen LogP contribution in [0.3, 0.4) is 0 Å². The van der Waals surface area contributed by atoms with E-state index in [2.05, 4.69) is 37.4 Å². The molecule has 1 heterocycles. The molecular formula is C10H14BrNO2S. The number of hydrogen-bond acceptors (Lipinski definition) is 4. The topological polar surface area (TPSA) is 38.3 Å². The second-order valence-corrected chi connectivity index (χ2v) is 5.41. The number of halogens is 1. The SMILES string of the molecule is COC(=O)CCCNCc1csc(Br)c1. The van der Waals surface area contributed by atoms with Crippen molar-refractivity contribution in [3.8, 4) is 0 Å². The number of carbonyl (C=O) groups excluding carboxylic acids is 1. The molecule has 0 spiro atoms. The summed E-state index contributed by atoms with van der Waals surface area (Å²) in [6.07, 6.45) is 1.30. The lowest BCUT2D eigenvalue weighted by atomic mass is 10.3. The number of esters is 1. The first kappa shape index (κ1) is 12.7. The third-order valence-corrected chi connectivity index (χ3v) is 3.47. The molecule has 0 bridgehead atoms. The molecule has 0 aliphatic carbocycles. The molecule has 1 N–H and O–H groups in total. The Labute approximate surface area is 102 Å². The van der Waals surface area contributed by atoms with Crippen LogP contribution in [0.2, 0.25) is 0 Å². The summed E-state index contributed by atoms with van der Waals surface area (Å²) in [5, 5.41) is 5.38. The standard InChI is InChI=1S/C10H14BrNO2S/c1-14-10(13)3-2-4-12-6-8-5-9(11)15-7-8/h5,7,12H,2-4,6H2,1H3. The number of thiophene rings is 1. The fraction of sp³-hybridized carbons (Fsp3) is 0.500. The smallest absolute Gasteiger partial charge is 0.305 e. The van der Waals surface area contributed by atoms with E-state index in [1.165, 1.54) is 12.7 Å². The Kier molecular flexibility index (Phi) is 5.90. The van der Waals surface area contributed by atoms with E-state index in [1.807, 2.05) is 0 Å². The molecule has 0 atom stereocenters. The molecule has 3 nitrogen and oxygen atoms in total. The normalized spacial score (nSPS) is 10.3. The van der Waals surface area contributed by atoms with Crippen LogP contribution in [0.25, 0.3) is 0 Å². The molecule has 0 saturated heterocycles. The van der Waals surface area contributed by atoms with Crippen LogP contribution in [0.5, 0.6) is 0 Å². The van der Waals surface area contributed by atoms with E-state index >= 15 is 0 Å². The van der Waals surface area contributed by atoms with Crippen molar-refractivity contribution >= 4 is 33.2 Å². The minimum Gasteiger partial charge on any atom is -0.469 e. The Morgan fingerprint density at radius 3 is 3.07 bits per heavy atom. The molecule has 0 saturated carbocycles. The van der Waals surface area contributed by atoms with Gasteiger partial charge in [0.1, 0.15) is 0 Å². The summed E-state index contributed by atoms with van der Waals surface area (Å²) in [6, 6.07) is 2.10. The first-order valence-corrected chi connectivity index (χ1v) is 6.40. The maximum atomic E-state index is 10.8. The molecule has 0 fully saturated rings. The molecule has 0 aromatic carbocycles. The highest BCUT2D eigenvalue weighted by atomic mass is 79.9. The Balaban J connectivity index is 2.05. The zero-order valence-electron chi connectivity index (χ0n) is 8.59. The summed E-state index contributed by atoms with van der Waals surface area (Å²) >= 11 is 5.09. The van der Waals surface area contributed by atoms with E-state index in [9.17, 15) is 4.79 Å². The number of nitrogens with one attached hydrogen (secondary N) is 1. The Morgan fingerprint density at radius 1 is 1.67 bits per heavy atom. The molecule has 15 heavy (non-hydrogen) atoms. The largest absolute Gasteiger partial charge is 0.469 e. The lowest BCUT2D eigenvalue weighted by molar-refractivity contribution is -0.140. The zero-order valence-corrected chi connectivity index (χ0v) is 11.0. The van der Waals surface area contributed by atoms with Crippen LogP contribution in [-0.4, -0.2) is 19.6 Å². The van der Waals surface area contributed by atoms with Crippen LogP contribution < -0.4 is 5.32 Å². The highest BCUT2D eigenvalue weighted by molar-refractivity contribution is 9.11. The molecule has 0 aliphatic heterocycles. The number of rotatable bonds is 6. The van der Waals surface area contributed by atoms with Crippen LogP contribution in [0.4, 0.5) is 0 Å². The Hall–Kier alpha value is -0.390. The summed E-state index contributed by atoms with van der Waals surface area (Å²) in [7, 11) is 1.42. The number of hydrogen-bond donors (Lipinski definition) is 1. The van der Waals surface area contributed by atoms with Crippen LogP contribution in [0, 0.1) is 0 Å². The third kappa shape index (κ3) is 5.30. The molecule has 0 radical (unpaired) electrons. The summed E-state index contributed by atoms with van der Waals surface area (Å²) in [5.74, 6) is -0.143. The summed E-state index contributed by atoms with van der Waals surface area (Å²) in [4.78, 5) is 10.8. The van der Waals surface area contributed by atoms with E-state index in [-0.39, 0.29) is 5.97 Å². The molecular weight excluding hydrogens is 278 g/mol. The van der Waals surface area contributed by atoms with Gasteiger partial charge in [-0.3, -0.25) is 4.79 Å². The number of ether oxygens (including phenoxy) is 1. The van der Waals surface area contributed by atoms with Crippen molar-refractivity contribution < 1.29 is 9.53 Å². The maximum absolute atomic E-state index is 10.8. The molecule has 0 aliphatic rings. The van der Waals surface area contributed by atoms with Gasteiger partial charge in [-0.05, 0) is 45.9 Å². The minimum absolute atomic E-state index is 0.143. The second kappa shape index (κ2) is 6.98. The molecule has 0 amide bonds. The molecule has 0 unspecified atom stereocenters. The summed E-state index contributed by atoms with van der Waals surface area (Å²) in [6.45, 7) is 1.69. The van der Waals surface area contributed by atoms with Crippen molar-refractivity contribution in [2.45, 2.75) is 19.4 Å². The van der Waals surface area contributed by atoms with Crippen molar-refractivity contribution in [3.05, 3.63) is 20.8 Å². The molecule has 5 heteroatoms. The highest BCUT2D eigenvalue weighted by Gasteiger charge is 1.99. The Bertz CT molecular complexity index is 314. The van der Waals surface area contributed by atoms with Crippen molar-refractivity contribution in [3.63, 3.8) is 0 Å². The number of carbonyl (C=O) groups is 1. The van der Waals surface area contributed by atoms with Gasteiger partial charge in [-0.25, -0.2) is 0 Å². The first-order valence-electron chi connectivity index (χ1n) is 4.73. The fourth-order valence-corrected chi connectivity index (χ4v) is 2.34. The van der Waals surface area contributed by atoms with E-state index in [0.29, 0.717) is 6.42 Å². The monoisotopic (exact) mass is 291 g/mol. The third-order valence-electron chi connectivity index (χ3n) is 1.91. The predicted molar refractivity (Wildman–Crippen MR) is 65.0 cm³/mol. The van der Waals surface area contributed by atoms with Gasteiger partial charge in [0.2, 0.25) is 0 Å². The lowest BCUT2D eigenvalue weighted by Crippen LogP contribution is -2.15. The van der Waals surface area contributed by atoms with E-state index < -0.39 is 0 Å². The minimum atomic E-state index is -0.143. The average Bonchev–Trinajstić information content (AvgIpc) is 2.63. The van der Waals surface area contributed by atoms with Crippen LogP contribution in [0.1, 0.15) is 18.4 Å². The second-order valence-electron chi connectivity index (χ2n) is 3.12.